The summed E-state index contributed by atoms with van der Waals surface area (Å²) in [6.45, 7) is 4.89. The Bertz CT molecular complexity index is 616. The molecule has 1 saturated heterocycles. The Morgan fingerprint density at radius 3 is 2.40 bits per heavy atom. The second kappa shape index (κ2) is 5.30. The molecule has 0 spiro atoms. The molecule has 1 fully saturated rings. The molecule has 112 valence electrons. The van der Waals surface area contributed by atoms with Crippen molar-refractivity contribution < 1.29 is 13.3 Å². The monoisotopic (exact) mass is 319 g/mol. The van der Waals surface area contributed by atoms with Gasteiger partial charge in [0.1, 0.15) is 4.21 Å². The van der Waals surface area contributed by atoms with Crippen LogP contribution in [0.4, 0.5) is 10.7 Å². The summed E-state index contributed by atoms with van der Waals surface area (Å²) in [5.74, 6) is 0.557. The molecule has 1 aromatic heterocycles. The molecule has 0 bridgehead atoms. The highest BCUT2D eigenvalue weighted by atomic mass is 32.2. The number of anilines is 1. The Hall–Kier alpha value is -1.19. The van der Waals surface area contributed by atoms with E-state index >= 15 is 0 Å². The van der Waals surface area contributed by atoms with Crippen LogP contribution < -0.4 is 5.73 Å². The van der Waals surface area contributed by atoms with E-state index in [0.717, 1.165) is 23.8 Å². The third-order valence-electron chi connectivity index (χ3n) is 3.34. The number of thiophene rings is 1. The van der Waals surface area contributed by atoms with Gasteiger partial charge in [-0.3, -0.25) is 10.1 Å². The average Bonchev–Trinajstić information content (AvgIpc) is 2.70. The third-order valence-corrected chi connectivity index (χ3v) is 6.58. The maximum Gasteiger partial charge on any atom is 0.304 e. The van der Waals surface area contributed by atoms with Crippen LogP contribution >= 0.6 is 11.3 Å². The van der Waals surface area contributed by atoms with Crippen molar-refractivity contribution in [1.82, 2.24) is 4.31 Å². The molecule has 7 nitrogen and oxygen atoms in total. The molecular formula is C11H17N3O4S2. The van der Waals surface area contributed by atoms with Crippen LogP contribution in [0, 0.1) is 22.0 Å². The fourth-order valence-corrected chi connectivity index (χ4v) is 5.62. The molecule has 1 aliphatic heterocycles. The van der Waals surface area contributed by atoms with Crippen LogP contribution in [0.25, 0.3) is 0 Å². The highest BCUT2D eigenvalue weighted by Crippen LogP contribution is 2.37. The van der Waals surface area contributed by atoms with Crippen molar-refractivity contribution in [3.8, 4) is 0 Å². The lowest BCUT2D eigenvalue weighted by Crippen LogP contribution is -2.42. The van der Waals surface area contributed by atoms with E-state index < -0.39 is 14.9 Å². The summed E-state index contributed by atoms with van der Waals surface area (Å²) in [7, 11) is -3.70. The normalized spacial score (nSPS) is 24.7. The number of hydrogen-bond donors (Lipinski definition) is 1. The fraction of sp³-hybridized carbons (Fsp3) is 0.636. The van der Waals surface area contributed by atoms with Gasteiger partial charge in [0, 0.05) is 19.2 Å². The van der Waals surface area contributed by atoms with E-state index in [9.17, 15) is 18.5 Å². The lowest BCUT2D eigenvalue weighted by atomic mass is 9.94. The van der Waals surface area contributed by atoms with E-state index in [4.69, 9.17) is 5.73 Å². The standard InChI is InChI=1S/C11H17N3O4S2/c1-7-3-8(2)6-13(5-7)20(17,18)10-4-9(14(15)16)11(12)19-10/h4,7-8H,3,5-6,12H2,1-2H3. The number of nitrogen functional groups attached to an aromatic ring is 1. The number of nitrogens with two attached hydrogens (primary N) is 1. The maximum absolute atomic E-state index is 12.5. The van der Waals surface area contributed by atoms with Gasteiger partial charge in [-0.15, -0.1) is 0 Å². The average molecular weight is 319 g/mol. The minimum atomic E-state index is -3.70. The fourth-order valence-electron chi connectivity index (χ4n) is 2.57. The van der Waals surface area contributed by atoms with Crippen LogP contribution in [0.3, 0.4) is 0 Å². The summed E-state index contributed by atoms with van der Waals surface area (Å²) in [5, 5.41) is 10.7. The number of sulfonamides is 1. The number of rotatable bonds is 3. The van der Waals surface area contributed by atoms with Crippen LogP contribution in [-0.4, -0.2) is 30.7 Å². The smallest absolute Gasteiger partial charge is 0.304 e. The minimum Gasteiger partial charge on any atom is -0.385 e. The van der Waals surface area contributed by atoms with Crippen LogP contribution in [0.15, 0.2) is 10.3 Å². The first kappa shape index (κ1) is 15.2. The SMILES string of the molecule is CC1CC(C)CN(S(=O)(=O)c2cc([N+](=O)[O-])c(N)s2)C1. The van der Waals surface area contributed by atoms with Crippen molar-refractivity contribution >= 4 is 32.0 Å². The second-order valence-corrected chi connectivity index (χ2v) is 8.59. The molecule has 1 aromatic rings. The van der Waals surface area contributed by atoms with Crippen molar-refractivity contribution in [2.45, 2.75) is 24.5 Å². The molecule has 2 N–H and O–H groups in total. The quantitative estimate of drug-likeness (QED) is 0.676. The van der Waals surface area contributed by atoms with E-state index in [1.807, 2.05) is 13.8 Å². The van der Waals surface area contributed by atoms with Gasteiger partial charge in [0.15, 0.2) is 5.00 Å². The van der Waals surface area contributed by atoms with Crippen molar-refractivity contribution in [2.24, 2.45) is 11.8 Å². The molecule has 0 aromatic carbocycles. The molecule has 2 heterocycles. The zero-order valence-electron chi connectivity index (χ0n) is 11.3. The highest BCUT2D eigenvalue weighted by Gasteiger charge is 2.34. The largest absolute Gasteiger partial charge is 0.385 e. The maximum atomic E-state index is 12.5. The second-order valence-electron chi connectivity index (χ2n) is 5.34. The first-order valence-electron chi connectivity index (χ1n) is 6.25. The lowest BCUT2D eigenvalue weighted by Gasteiger charge is -2.33. The first-order valence-corrected chi connectivity index (χ1v) is 8.51. The molecule has 2 unspecified atom stereocenters. The van der Waals surface area contributed by atoms with Crippen molar-refractivity contribution in [2.75, 3.05) is 18.8 Å². The predicted molar refractivity (Wildman–Crippen MR) is 77.1 cm³/mol. The first-order chi connectivity index (χ1) is 9.21. The van der Waals surface area contributed by atoms with Crippen molar-refractivity contribution in [3.05, 3.63) is 16.2 Å². The topological polar surface area (TPSA) is 107 Å². The minimum absolute atomic E-state index is 0.0528. The van der Waals surface area contributed by atoms with Gasteiger partial charge in [0.25, 0.3) is 10.0 Å². The molecule has 0 aliphatic carbocycles. The number of nitro groups is 1. The predicted octanol–water partition coefficient (Wildman–Crippen LogP) is 1.91. The summed E-state index contributed by atoms with van der Waals surface area (Å²) in [4.78, 5) is 10.1. The van der Waals surface area contributed by atoms with E-state index in [1.54, 1.807) is 0 Å². The molecule has 2 atom stereocenters. The van der Waals surface area contributed by atoms with E-state index in [1.165, 1.54) is 4.31 Å². The van der Waals surface area contributed by atoms with Gasteiger partial charge >= 0.3 is 5.69 Å². The van der Waals surface area contributed by atoms with Gasteiger partial charge in [-0.05, 0) is 18.3 Å². The molecule has 9 heteroatoms. The Morgan fingerprint density at radius 1 is 1.40 bits per heavy atom. The molecule has 0 amide bonds. The summed E-state index contributed by atoms with van der Waals surface area (Å²) >= 11 is 0.752. The van der Waals surface area contributed by atoms with Gasteiger partial charge in [-0.1, -0.05) is 25.2 Å². The molecule has 2 rings (SSSR count). The van der Waals surface area contributed by atoms with Crippen LogP contribution in [0.1, 0.15) is 20.3 Å². The Balaban J connectivity index is 2.35. The van der Waals surface area contributed by atoms with E-state index in [0.29, 0.717) is 13.1 Å². The highest BCUT2D eigenvalue weighted by molar-refractivity contribution is 7.91. The molecule has 0 saturated carbocycles. The van der Waals surface area contributed by atoms with Gasteiger partial charge in [0.2, 0.25) is 0 Å². The summed E-state index contributed by atoms with van der Waals surface area (Å²) in [6, 6.07) is 1.05. The zero-order chi connectivity index (χ0) is 15.1. The van der Waals surface area contributed by atoms with Gasteiger partial charge in [-0.25, -0.2) is 8.42 Å². The van der Waals surface area contributed by atoms with Gasteiger partial charge in [-0.2, -0.15) is 4.31 Å². The molecular weight excluding hydrogens is 302 g/mol. The third kappa shape index (κ3) is 2.79. The number of hydrogen-bond acceptors (Lipinski definition) is 6. The number of piperidine rings is 1. The van der Waals surface area contributed by atoms with Gasteiger partial charge in [0.05, 0.1) is 4.92 Å². The Kier molecular flexibility index (Phi) is 4.03. The zero-order valence-corrected chi connectivity index (χ0v) is 12.9. The number of nitrogens with zero attached hydrogens (tertiary/aromatic N) is 2. The van der Waals surface area contributed by atoms with Crippen molar-refractivity contribution in [3.63, 3.8) is 0 Å². The van der Waals surface area contributed by atoms with Gasteiger partial charge < -0.3 is 5.73 Å². The van der Waals surface area contributed by atoms with Crippen LogP contribution in [0.5, 0.6) is 0 Å². The molecule has 1 aliphatic rings. The summed E-state index contributed by atoms with van der Waals surface area (Å²) in [5.41, 5.74) is 5.18. The van der Waals surface area contributed by atoms with E-state index in [-0.39, 0.29) is 26.7 Å². The van der Waals surface area contributed by atoms with E-state index in [2.05, 4.69) is 0 Å². The lowest BCUT2D eigenvalue weighted by molar-refractivity contribution is -0.383. The molecule has 20 heavy (non-hydrogen) atoms. The molecule has 0 radical (unpaired) electrons. The van der Waals surface area contributed by atoms with Crippen molar-refractivity contribution in [1.29, 1.82) is 0 Å². The summed E-state index contributed by atoms with van der Waals surface area (Å²) < 4.78 is 26.4. The Morgan fingerprint density at radius 2 is 1.95 bits per heavy atom. The van der Waals surface area contributed by atoms with Crippen LogP contribution in [0.2, 0.25) is 0 Å². The summed E-state index contributed by atoms with van der Waals surface area (Å²) in [6.07, 6.45) is 0.985. The van der Waals surface area contributed by atoms with Crippen LogP contribution in [-0.2, 0) is 10.0 Å². The Labute approximate surface area is 121 Å².